The number of imidazole rings is 1. The third-order valence-corrected chi connectivity index (χ3v) is 4.92. The molecule has 25 heavy (non-hydrogen) atoms. The van der Waals surface area contributed by atoms with Crippen LogP contribution >= 0.6 is 0 Å². The first-order chi connectivity index (χ1) is 12.3. The summed E-state index contributed by atoms with van der Waals surface area (Å²) >= 11 is 0. The second kappa shape index (κ2) is 7.33. The molecule has 1 fully saturated rings. The molecule has 0 unspecified atom stereocenters. The number of nitrogens with zero attached hydrogens (tertiary/aromatic N) is 5. The summed E-state index contributed by atoms with van der Waals surface area (Å²) in [6, 6.07) is 3.55. The van der Waals surface area contributed by atoms with Crippen LogP contribution in [-0.2, 0) is 24.2 Å². The molecule has 0 saturated carbocycles. The molecule has 1 amide bonds. The molecule has 7 nitrogen and oxygen atoms in total. The number of hydrogen-bond acceptors (Lipinski definition) is 5. The van der Waals surface area contributed by atoms with Gasteiger partial charge in [-0.2, -0.15) is 0 Å². The van der Waals surface area contributed by atoms with Crippen LogP contribution in [0.15, 0.2) is 30.7 Å². The van der Waals surface area contributed by atoms with Gasteiger partial charge in [0, 0.05) is 69.8 Å². The Morgan fingerprint density at radius 2 is 1.88 bits per heavy atom. The smallest absolute Gasteiger partial charge is 0.254 e. The van der Waals surface area contributed by atoms with Crippen LogP contribution in [0.5, 0.6) is 0 Å². The molecule has 4 heterocycles. The zero-order valence-corrected chi connectivity index (χ0v) is 14.3. The molecule has 0 spiro atoms. The van der Waals surface area contributed by atoms with Crippen LogP contribution in [0.1, 0.15) is 21.9 Å². The van der Waals surface area contributed by atoms with E-state index in [9.17, 15) is 4.79 Å². The maximum atomic E-state index is 12.7. The van der Waals surface area contributed by atoms with Crippen LogP contribution in [-0.4, -0.2) is 69.6 Å². The van der Waals surface area contributed by atoms with Crippen LogP contribution in [0.4, 0.5) is 0 Å². The summed E-state index contributed by atoms with van der Waals surface area (Å²) < 4.78 is 7.71. The topological polar surface area (TPSA) is 63.5 Å². The minimum Gasteiger partial charge on any atom is -0.379 e. The normalized spacial score (nSPS) is 18.6. The Morgan fingerprint density at radius 3 is 2.68 bits per heavy atom. The summed E-state index contributed by atoms with van der Waals surface area (Å²) in [7, 11) is 0. The lowest BCUT2D eigenvalue weighted by atomic mass is 10.2. The highest BCUT2D eigenvalue weighted by molar-refractivity contribution is 5.94. The predicted molar refractivity (Wildman–Crippen MR) is 92.2 cm³/mol. The van der Waals surface area contributed by atoms with Crippen molar-refractivity contribution in [3.05, 3.63) is 47.8 Å². The van der Waals surface area contributed by atoms with Gasteiger partial charge in [-0.25, -0.2) is 4.98 Å². The summed E-state index contributed by atoms with van der Waals surface area (Å²) in [6.45, 7) is 6.64. The lowest BCUT2D eigenvalue weighted by molar-refractivity contribution is 0.0331. The number of hydrogen-bond donors (Lipinski definition) is 0. The van der Waals surface area contributed by atoms with Crippen LogP contribution in [0.3, 0.4) is 0 Å². The first-order valence-electron chi connectivity index (χ1n) is 8.84. The Labute approximate surface area is 147 Å². The number of carbonyl (C=O) groups excluding carboxylic acids is 1. The van der Waals surface area contributed by atoms with E-state index in [-0.39, 0.29) is 5.91 Å². The van der Waals surface area contributed by atoms with Crippen molar-refractivity contribution < 1.29 is 9.53 Å². The number of morpholine rings is 1. The third-order valence-electron chi connectivity index (χ3n) is 4.92. The van der Waals surface area contributed by atoms with Crippen molar-refractivity contribution in [2.75, 3.05) is 39.4 Å². The summed E-state index contributed by atoms with van der Waals surface area (Å²) in [4.78, 5) is 25.6. The first kappa shape index (κ1) is 16.2. The maximum absolute atomic E-state index is 12.7. The lowest BCUT2D eigenvalue weighted by Gasteiger charge is -2.27. The van der Waals surface area contributed by atoms with Gasteiger partial charge in [0.25, 0.3) is 5.91 Å². The average Bonchev–Trinajstić information content (AvgIpc) is 2.91. The fourth-order valence-corrected chi connectivity index (χ4v) is 3.49. The van der Waals surface area contributed by atoms with Crippen LogP contribution in [0.2, 0.25) is 0 Å². The minimum absolute atomic E-state index is 0.0721. The Hall–Kier alpha value is -2.25. The molecule has 2 aromatic heterocycles. The van der Waals surface area contributed by atoms with Gasteiger partial charge in [0.1, 0.15) is 5.82 Å². The van der Waals surface area contributed by atoms with E-state index in [1.807, 2.05) is 11.1 Å². The van der Waals surface area contributed by atoms with Gasteiger partial charge in [-0.1, -0.05) is 0 Å². The molecule has 0 aromatic carbocycles. The van der Waals surface area contributed by atoms with Crippen molar-refractivity contribution >= 4 is 5.91 Å². The van der Waals surface area contributed by atoms with Crippen molar-refractivity contribution in [2.45, 2.75) is 19.5 Å². The second-order valence-corrected chi connectivity index (χ2v) is 6.48. The second-order valence-electron chi connectivity index (χ2n) is 6.48. The van der Waals surface area contributed by atoms with E-state index in [0.29, 0.717) is 18.7 Å². The maximum Gasteiger partial charge on any atom is 0.254 e. The van der Waals surface area contributed by atoms with E-state index in [4.69, 9.17) is 4.74 Å². The van der Waals surface area contributed by atoms with Gasteiger partial charge in [0.15, 0.2) is 0 Å². The van der Waals surface area contributed by atoms with Crippen molar-refractivity contribution in [2.24, 2.45) is 0 Å². The van der Waals surface area contributed by atoms with Crippen molar-refractivity contribution in [1.29, 1.82) is 0 Å². The van der Waals surface area contributed by atoms with Crippen LogP contribution in [0.25, 0.3) is 0 Å². The van der Waals surface area contributed by atoms with E-state index >= 15 is 0 Å². The highest BCUT2D eigenvalue weighted by atomic mass is 16.5. The zero-order chi connectivity index (χ0) is 17.1. The molecule has 2 aliphatic rings. The molecule has 0 N–H and O–H groups in total. The Bertz CT molecular complexity index is 724. The van der Waals surface area contributed by atoms with E-state index in [1.54, 1.807) is 24.5 Å². The zero-order valence-electron chi connectivity index (χ0n) is 14.3. The van der Waals surface area contributed by atoms with Gasteiger partial charge in [0.2, 0.25) is 0 Å². The standard InChI is InChI=1S/C18H23N5O2/c24-18(15-1-4-19-5-2-15)22-6-3-17-20-13-16(23(17)8-7-22)14-21-9-11-25-12-10-21/h1-2,4-5,13H,3,6-12,14H2. The van der Waals surface area contributed by atoms with E-state index in [0.717, 1.165) is 51.6 Å². The minimum atomic E-state index is 0.0721. The molecule has 4 rings (SSSR count). The monoisotopic (exact) mass is 341 g/mol. The summed E-state index contributed by atoms with van der Waals surface area (Å²) in [5, 5.41) is 0. The molecule has 0 bridgehead atoms. The van der Waals surface area contributed by atoms with E-state index in [2.05, 4.69) is 19.4 Å². The summed E-state index contributed by atoms with van der Waals surface area (Å²) in [6.07, 6.45) is 6.11. The first-order valence-corrected chi connectivity index (χ1v) is 8.84. The molecule has 0 radical (unpaired) electrons. The molecule has 7 heteroatoms. The number of rotatable bonds is 3. The Balaban J connectivity index is 1.44. The number of ether oxygens (including phenoxy) is 1. The average molecular weight is 341 g/mol. The van der Waals surface area contributed by atoms with Crippen molar-refractivity contribution in [3.63, 3.8) is 0 Å². The van der Waals surface area contributed by atoms with Gasteiger partial charge in [0.05, 0.1) is 18.9 Å². The molecule has 2 aliphatic heterocycles. The number of pyridine rings is 1. The SMILES string of the molecule is O=C(c1ccncc1)N1CCc2ncc(CN3CCOCC3)n2CC1. The van der Waals surface area contributed by atoms with Crippen molar-refractivity contribution in [1.82, 2.24) is 24.3 Å². The predicted octanol–water partition coefficient (Wildman–Crippen LogP) is 0.809. The molecule has 0 atom stereocenters. The lowest BCUT2D eigenvalue weighted by Crippen LogP contribution is -2.36. The van der Waals surface area contributed by atoms with Crippen molar-refractivity contribution in [3.8, 4) is 0 Å². The highest BCUT2D eigenvalue weighted by Crippen LogP contribution is 2.16. The van der Waals surface area contributed by atoms with Crippen LogP contribution in [0, 0.1) is 0 Å². The van der Waals surface area contributed by atoms with Gasteiger partial charge in [-0.3, -0.25) is 14.7 Å². The van der Waals surface area contributed by atoms with Gasteiger partial charge < -0.3 is 14.2 Å². The Morgan fingerprint density at radius 1 is 1.08 bits per heavy atom. The highest BCUT2D eigenvalue weighted by Gasteiger charge is 2.22. The summed E-state index contributed by atoms with van der Waals surface area (Å²) in [5.41, 5.74) is 1.93. The molecule has 0 aliphatic carbocycles. The molecule has 1 saturated heterocycles. The number of carbonyl (C=O) groups is 1. The molecule has 2 aromatic rings. The van der Waals surface area contributed by atoms with E-state index < -0.39 is 0 Å². The quantitative estimate of drug-likeness (QED) is 0.827. The summed E-state index contributed by atoms with van der Waals surface area (Å²) in [5.74, 6) is 1.15. The van der Waals surface area contributed by atoms with E-state index in [1.165, 1.54) is 5.69 Å². The van der Waals surface area contributed by atoms with Gasteiger partial charge in [-0.05, 0) is 12.1 Å². The van der Waals surface area contributed by atoms with Crippen LogP contribution < -0.4 is 0 Å². The van der Waals surface area contributed by atoms with Gasteiger partial charge >= 0.3 is 0 Å². The number of fused-ring (bicyclic) bond motifs is 1. The third kappa shape index (κ3) is 3.57. The molecular formula is C18H23N5O2. The molecule has 132 valence electrons. The van der Waals surface area contributed by atoms with Gasteiger partial charge in [-0.15, -0.1) is 0 Å². The largest absolute Gasteiger partial charge is 0.379 e. The Kier molecular flexibility index (Phi) is 4.76. The number of amides is 1. The number of aromatic nitrogens is 3. The fourth-order valence-electron chi connectivity index (χ4n) is 3.49. The molecular weight excluding hydrogens is 318 g/mol. The fraction of sp³-hybridized carbons (Fsp3) is 0.500.